The molecule has 3 aliphatic heterocycles. The Morgan fingerprint density at radius 1 is 1.20 bits per heavy atom. The van der Waals surface area contributed by atoms with Crippen LogP contribution in [0.2, 0.25) is 5.02 Å². The summed E-state index contributed by atoms with van der Waals surface area (Å²) >= 11 is 8.07. The number of ether oxygens (including phenoxy) is 1. The minimum atomic E-state index is -0.774. The van der Waals surface area contributed by atoms with E-state index >= 15 is 4.39 Å². The molecule has 0 spiro atoms. The molecule has 4 aliphatic rings. The molecule has 4 aromatic rings. The fraction of sp³-hybridized carbons (Fsp3) is 0.500. The zero-order chi connectivity index (χ0) is 30.9. The second-order valence-electron chi connectivity index (χ2n) is 13.1. The van der Waals surface area contributed by atoms with E-state index in [4.69, 9.17) is 27.1 Å². The number of halogens is 3. The number of hydrogen-bond donors (Lipinski definition) is 2. The van der Waals surface area contributed by atoms with Crippen LogP contribution in [0.5, 0.6) is 6.01 Å². The van der Waals surface area contributed by atoms with E-state index < -0.39 is 12.0 Å². The van der Waals surface area contributed by atoms with Gasteiger partial charge in [-0.05, 0) is 49.8 Å². The van der Waals surface area contributed by atoms with Crippen LogP contribution in [0.15, 0.2) is 18.3 Å². The van der Waals surface area contributed by atoms with Gasteiger partial charge in [0.05, 0.1) is 17.2 Å². The number of likely N-dealkylation sites (tertiary alicyclic amines) is 1. The van der Waals surface area contributed by atoms with Gasteiger partial charge in [-0.1, -0.05) is 29.4 Å². The molecule has 0 radical (unpaired) electrons. The van der Waals surface area contributed by atoms with E-state index in [0.29, 0.717) is 63.6 Å². The molecule has 2 bridgehead atoms. The molecule has 9 nitrogen and oxygen atoms in total. The van der Waals surface area contributed by atoms with Gasteiger partial charge in [-0.2, -0.15) is 15.2 Å². The van der Waals surface area contributed by atoms with Crippen LogP contribution < -0.4 is 20.7 Å². The van der Waals surface area contributed by atoms with Crippen molar-refractivity contribution < 1.29 is 13.5 Å². The second kappa shape index (κ2) is 11.2. The van der Waals surface area contributed by atoms with Crippen LogP contribution in [0.3, 0.4) is 0 Å². The Morgan fingerprint density at radius 3 is 2.69 bits per heavy atom. The van der Waals surface area contributed by atoms with Crippen LogP contribution in [-0.2, 0) is 0 Å². The quantitative estimate of drug-likeness (QED) is 0.260. The van der Waals surface area contributed by atoms with E-state index in [2.05, 4.69) is 31.2 Å². The minimum Gasteiger partial charge on any atom is -0.463 e. The zero-order valence-corrected chi connectivity index (χ0v) is 26.2. The summed E-state index contributed by atoms with van der Waals surface area (Å²) in [6, 6.07) is 6.29. The molecular formula is C32H33ClF2N8OS. The molecule has 1 aromatic carbocycles. The number of nitrogen functional groups attached to an aromatic ring is 1. The largest absolute Gasteiger partial charge is 0.463 e. The van der Waals surface area contributed by atoms with Crippen LogP contribution in [0.4, 0.5) is 19.6 Å². The summed E-state index contributed by atoms with van der Waals surface area (Å²) in [6.45, 7) is 3.83. The summed E-state index contributed by atoms with van der Waals surface area (Å²) in [5.41, 5.74) is 6.95. The van der Waals surface area contributed by atoms with Gasteiger partial charge in [0.25, 0.3) is 0 Å². The van der Waals surface area contributed by atoms with E-state index in [-0.39, 0.29) is 33.1 Å². The molecule has 0 amide bonds. The SMILES string of the molecule is N#Cc1c(N)sc2nccc(-c3c(Cl)cc4c(N5CC6CCC(C5)N6)nc(OCC5(CN6CC[C@@H](F)C6)CCC5)nc4c3F)c12. The normalized spacial score (nSPS) is 24.3. The van der Waals surface area contributed by atoms with Crippen molar-refractivity contribution in [3.8, 4) is 23.2 Å². The van der Waals surface area contributed by atoms with Gasteiger partial charge in [-0.25, -0.2) is 13.8 Å². The predicted molar refractivity (Wildman–Crippen MR) is 172 cm³/mol. The highest BCUT2D eigenvalue weighted by Crippen LogP contribution is 2.46. The lowest BCUT2D eigenvalue weighted by atomic mass is 9.69. The number of nitrogens with one attached hydrogen (secondary N) is 1. The lowest BCUT2D eigenvalue weighted by Gasteiger charge is -2.43. The molecule has 3 atom stereocenters. The number of nitrogens with zero attached hydrogens (tertiary/aromatic N) is 6. The van der Waals surface area contributed by atoms with E-state index in [1.807, 2.05) is 0 Å². The van der Waals surface area contributed by atoms with Crippen LogP contribution >= 0.6 is 22.9 Å². The number of thiophene rings is 1. The predicted octanol–water partition coefficient (Wildman–Crippen LogP) is 5.69. The standard InChI is InChI=1S/C32H33ClF2N8OS/c33-23-10-21-27(26(35)25(23)20-4-8-38-30-24(20)22(11-36)28(37)45-30)40-31(41-29(21)43-13-18-2-3-19(14-43)39-18)44-16-32(6-1-7-32)15-42-9-5-17(34)12-42/h4,8,10,17-19,39H,1-3,5-7,9,12-16,37H2/t17-,18?,19?/m1/s1. The topological polar surface area (TPSA) is 116 Å². The van der Waals surface area contributed by atoms with Gasteiger partial charge >= 0.3 is 6.01 Å². The summed E-state index contributed by atoms with van der Waals surface area (Å²) in [5, 5.41) is 15.0. The highest BCUT2D eigenvalue weighted by Gasteiger charge is 2.41. The number of nitrogens with two attached hydrogens (primary N) is 1. The van der Waals surface area contributed by atoms with Crippen molar-refractivity contribution >= 4 is 54.9 Å². The fourth-order valence-corrected chi connectivity index (χ4v) is 8.87. The Labute approximate surface area is 268 Å². The van der Waals surface area contributed by atoms with Crippen LogP contribution in [0.1, 0.15) is 44.1 Å². The number of hydrogen-bond acceptors (Lipinski definition) is 10. The molecule has 4 fully saturated rings. The first-order valence-electron chi connectivity index (χ1n) is 15.6. The lowest BCUT2D eigenvalue weighted by Crippen LogP contribution is -2.51. The summed E-state index contributed by atoms with van der Waals surface area (Å²) < 4.78 is 37.2. The third-order valence-corrected chi connectivity index (χ3v) is 11.3. The molecule has 13 heteroatoms. The number of pyridine rings is 1. The molecule has 6 heterocycles. The van der Waals surface area contributed by atoms with Crippen LogP contribution in [0.25, 0.3) is 32.2 Å². The Kier molecular flexibility index (Phi) is 7.20. The average Bonchev–Trinajstić information content (AvgIpc) is 3.68. The molecule has 1 saturated carbocycles. The number of piperazine rings is 1. The number of fused-ring (bicyclic) bond motifs is 4. The van der Waals surface area contributed by atoms with Crippen molar-refractivity contribution in [2.45, 2.75) is 56.8 Å². The first kappa shape index (κ1) is 29.1. The van der Waals surface area contributed by atoms with E-state index in [9.17, 15) is 9.65 Å². The van der Waals surface area contributed by atoms with E-state index in [0.717, 1.165) is 58.3 Å². The van der Waals surface area contributed by atoms with Gasteiger partial charge in [-0.15, -0.1) is 0 Å². The molecule has 2 unspecified atom stereocenters. The first-order valence-corrected chi connectivity index (χ1v) is 16.8. The number of alkyl halides is 1. The summed E-state index contributed by atoms with van der Waals surface area (Å²) in [4.78, 5) is 18.8. The molecule has 3 saturated heterocycles. The minimum absolute atomic E-state index is 0.102. The Balaban J connectivity index is 1.23. The summed E-state index contributed by atoms with van der Waals surface area (Å²) in [6.07, 6.45) is 6.58. The van der Waals surface area contributed by atoms with E-state index in [1.54, 1.807) is 18.3 Å². The lowest BCUT2D eigenvalue weighted by molar-refractivity contribution is 0.0196. The van der Waals surface area contributed by atoms with Gasteiger partial charge < -0.3 is 20.7 Å². The van der Waals surface area contributed by atoms with Crippen LogP contribution in [-0.4, -0.2) is 77.4 Å². The van der Waals surface area contributed by atoms with E-state index in [1.165, 1.54) is 11.3 Å². The van der Waals surface area contributed by atoms with Gasteiger partial charge in [0, 0.05) is 72.8 Å². The monoisotopic (exact) mass is 650 g/mol. The Hall–Kier alpha value is -3.37. The third kappa shape index (κ3) is 5.04. The zero-order valence-electron chi connectivity index (χ0n) is 24.7. The highest BCUT2D eigenvalue weighted by atomic mass is 35.5. The third-order valence-electron chi connectivity index (χ3n) is 10.1. The molecule has 1 aliphatic carbocycles. The Morgan fingerprint density at radius 2 is 2.00 bits per heavy atom. The molecule has 234 valence electrons. The molecule has 3 N–H and O–H groups in total. The Bertz CT molecular complexity index is 1850. The van der Waals surface area contributed by atoms with Crippen molar-refractivity contribution in [2.24, 2.45) is 5.41 Å². The number of rotatable bonds is 7. The maximum absolute atomic E-state index is 16.9. The maximum Gasteiger partial charge on any atom is 0.319 e. The van der Waals surface area contributed by atoms with Crippen molar-refractivity contribution in [2.75, 3.05) is 50.0 Å². The number of aromatic nitrogens is 3. The average molecular weight is 651 g/mol. The van der Waals surface area contributed by atoms with Gasteiger partial charge in [0.2, 0.25) is 0 Å². The van der Waals surface area contributed by atoms with Crippen molar-refractivity contribution in [3.63, 3.8) is 0 Å². The number of benzene rings is 1. The smallest absolute Gasteiger partial charge is 0.319 e. The number of nitriles is 1. The molecule has 8 rings (SSSR count). The fourth-order valence-electron chi connectivity index (χ4n) is 7.69. The van der Waals surface area contributed by atoms with Crippen LogP contribution in [0, 0.1) is 22.6 Å². The maximum atomic E-state index is 16.9. The molecule has 3 aromatic heterocycles. The first-order chi connectivity index (χ1) is 21.8. The van der Waals surface area contributed by atoms with Gasteiger partial charge in [-0.3, -0.25) is 4.90 Å². The van der Waals surface area contributed by atoms with Gasteiger partial charge in [0.15, 0.2) is 5.82 Å². The molecular weight excluding hydrogens is 618 g/mol. The summed E-state index contributed by atoms with van der Waals surface area (Å²) in [7, 11) is 0. The second-order valence-corrected chi connectivity index (χ2v) is 14.5. The van der Waals surface area contributed by atoms with Crippen molar-refractivity contribution in [1.82, 2.24) is 25.2 Å². The van der Waals surface area contributed by atoms with Crippen molar-refractivity contribution in [3.05, 3.63) is 34.7 Å². The summed E-state index contributed by atoms with van der Waals surface area (Å²) in [5.74, 6) is -0.0183. The molecule has 45 heavy (non-hydrogen) atoms. The number of anilines is 2. The highest BCUT2D eigenvalue weighted by molar-refractivity contribution is 7.22. The van der Waals surface area contributed by atoms with Gasteiger partial charge in [0.1, 0.15) is 33.4 Å². The van der Waals surface area contributed by atoms with Crippen molar-refractivity contribution in [1.29, 1.82) is 5.26 Å².